The molecule has 0 unspecified atom stereocenters. The Morgan fingerprint density at radius 2 is 1.73 bits per heavy atom. The van der Waals surface area contributed by atoms with E-state index >= 15 is 0 Å². The van der Waals surface area contributed by atoms with Gasteiger partial charge < -0.3 is 15.5 Å². The molecule has 1 saturated heterocycles. The highest BCUT2D eigenvalue weighted by molar-refractivity contribution is 14.0. The number of benzene rings is 1. The molecule has 2 N–H and O–H groups in total. The van der Waals surface area contributed by atoms with Crippen molar-refractivity contribution in [1.82, 2.24) is 14.9 Å². The summed E-state index contributed by atoms with van der Waals surface area (Å²) in [6, 6.07) is 8.71. The van der Waals surface area contributed by atoms with Crippen molar-refractivity contribution in [2.75, 3.05) is 31.1 Å². The summed E-state index contributed by atoms with van der Waals surface area (Å²) in [5.41, 5.74) is 7.34. The van der Waals surface area contributed by atoms with Crippen molar-refractivity contribution >= 4 is 35.9 Å². The highest BCUT2D eigenvalue weighted by Crippen LogP contribution is 2.43. The van der Waals surface area contributed by atoms with Crippen molar-refractivity contribution in [3.05, 3.63) is 54.1 Å². The maximum Gasteiger partial charge on any atom is 0.225 e. The van der Waals surface area contributed by atoms with Crippen LogP contribution in [0, 0.1) is 5.82 Å². The van der Waals surface area contributed by atoms with Gasteiger partial charge in [-0.25, -0.2) is 19.4 Å². The van der Waals surface area contributed by atoms with Crippen molar-refractivity contribution in [2.24, 2.45) is 10.7 Å². The van der Waals surface area contributed by atoms with Crippen molar-refractivity contribution in [3.8, 4) is 0 Å². The lowest BCUT2D eigenvalue weighted by Crippen LogP contribution is -2.51. The minimum absolute atomic E-state index is 0. The molecule has 1 aliphatic heterocycles. The molecule has 2 aromatic rings. The van der Waals surface area contributed by atoms with Crippen molar-refractivity contribution in [3.63, 3.8) is 0 Å². The molecule has 0 amide bonds. The van der Waals surface area contributed by atoms with Crippen molar-refractivity contribution in [1.29, 1.82) is 0 Å². The molecule has 0 radical (unpaired) electrons. The number of halogens is 2. The summed E-state index contributed by atoms with van der Waals surface area (Å²) in [4.78, 5) is 17.5. The summed E-state index contributed by atoms with van der Waals surface area (Å²) in [6.45, 7) is 3.27. The fourth-order valence-electron chi connectivity index (χ4n) is 3.23. The van der Waals surface area contributed by atoms with Crippen LogP contribution in [0.5, 0.6) is 0 Å². The van der Waals surface area contributed by atoms with Gasteiger partial charge in [-0.05, 0) is 30.2 Å². The van der Waals surface area contributed by atoms with Gasteiger partial charge in [0.1, 0.15) is 5.82 Å². The highest BCUT2D eigenvalue weighted by Gasteiger charge is 2.39. The van der Waals surface area contributed by atoms with Gasteiger partial charge >= 0.3 is 0 Å². The minimum Gasteiger partial charge on any atom is -0.370 e. The molecule has 1 aromatic heterocycles. The van der Waals surface area contributed by atoms with Gasteiger partial charge in [0.2, 0.25) is 5.95 Å². The fraction of sp³-hybridized carbons (Fsp3) is 0.389. The Kier molecular flexibility index (Phi) is 5.90. The third kappa shape index (κ3) is 4.22. The Balaban J connectivity index is 0.00000196. The second-order valence-electron chi connectivity index (χ2n) is 6.47. The smallest absolute Gasteiger partial charge is 0.225 e. The SMILES string of the molecule is I.NC(=N[C@@H]1C[C@H]1c1ccc(F)cc1)N1CCN(c2ncccn2)CC1. The van der Waals surface area contributed by atoms with Crippen LogP contribution in [0.2, 0.25) is 0 Å². The van der Waals surface area contributed by atoms with E-state index in [0.29, 0.717) is 11.9 Å². The fourth-order valence-corrected chi connectivity index (χ4v) is 3.23. The van der Waals surface area contributed by atoms with E-state index in [9.17, 15) is 4.39 Å². The number of aromatic nitrogens is 2. The molecule has 0 spiro atoms. The first kappa shape index (κ1) is 18.8. The van der Waals surface area contributed by atoms with E-state index in [2.05, 4.69) is 24.8 Å². The molecule has 138 valence electrons. The maximum atomic E-state index is 13.0. The second-order valence-corrected chi connectivity index (χ2v) is 6.47. The molecule has 1 aromatic carbocycles. The zero-order valence-corrected chi connectivity index (χ0v) is 16.7. The lowest BCUT2D eigenvalue weighted by atomic mass is 10.1. The Labute approximate surface area is 169 Å². The van der Waals surface area contributed by atoms with E-state index in [1.54, 1.807) is 12.4 Å². The predicted molar refractivity (Wildman–Crippen MR) is 110 cm³/mol. The van der Waals surface area contributed by atoms with E-state index in [4.69, 9.17) is 5.73 Å². The molecular weight excluding hydrogens is 446 g/mol. The van der Waals surface area contributed by atoms with Gasteiger partial charge in [-0.2, -0.15) is 0 Å². The Morgan fingerprint density at radius 1 is 1.08 bits per heavy atom. The molecule has 8 heteroatoms. The lowest BCUT2D eigenvalue weighted by Gasteiger charge is -2.35. The Morgan fingerprint density at radius 3 is 2.38 bits per heavy atom. The Bertz CT molecular complexity index is 746. The number of hydrogen-bond acceptors (Lipinski definition) is 4. The number of rotatable bonds is 3. The molecular formula is C18H22FIN6. The van der Waals surface area contributed by atoms with Crippen LogP contribution in [0.15, 0.2) is 47.7 Å². The lowest BCUT2D eigenvalue weighted by molar-refractivity contribution is 0.378. The van der Waals surface area contributed by atoms with Gasteiger partial charge in [0.05, 0.1) is 6.04 Å². The molecule has 0 bridgehead atoms. The van der Waals surface area contributed by atoms with Crippen LogP contribution < -0.4 is 10.6 Å². The van der Waals surface area contributed by atoms with E-state index in [-0.39, 0.29) is 35.8 Å². The molecule has 2 fully saturated rings. The first-order valence-corrected chi connectivity index (χ1v) is 8.56. The second kappa shape index (κ2) is 8.15. The summed E-state index contributed by atoms with van der Waals surface area (Å²) < 4.78 is 13.0. The zero-order valence-electron chi connectivity index (χ0n) is 14.3. The number of anilines is 1. The molecule has 26 heavy (non-hydrogen) atoms. The molecule has 2 heterocycles. The number of guanidine groups is 1. The number of nitrogens with zero attached hydrogens (tertiary/aromatic N) is 5. The van der Waals surface area contributed by atoms with Crippen LogP contribution in [-0.2, 0) is 0 Å². The van der Waals surface area contributed by atoms with Gasteiger partial charge in [-0.3, -0.25) is 0 Å². The monoisotopic (exact) mass is 468 g/mol. The largest absolute Gasteiger partial charge is 0.370 e. The molecule has 2 atom stereocenters. The van der Waals surface area contributed by atoms with E-state index in [0.717, 1.165) is 44.1 Å². The van der Waals surface area contributed by atoms with Crippen LogP contribution >= 0.6 is 24.0 Å². The number of aliphatic imine (C=N–C) groups is 1. The predicted octanol–water partition coefficient (Wildman–Crippen LogP) is 2.23. The maximum absolute atomic E-state index is 13.0. The molecule has 1 aliphatic carbocycles. The van der Waals surface area contributed by atoms with Gasteiger partial charge in [0.15, 0.2) is 5.96 Å². The number of hydrogen-bond donors (Lipinski definition) is 1. The first-order chi connectivity index (χ1) is 12.2. The zero-order chi connectivity index (χ0) is 17.2. The van der Waals surface area contributed by atoms with Crippen LogP contribution in [0.3, 0.4) is 0 Å². The van der Waals surface area contributed by atoms with Gasteiger partial charge in [0.25, 0.3) is 0 Å². The average molecular weight is 468 g/mol. The average Bonchev–Trinajstić information content (AvgIpc) is 3.42. The van der Waals surface area contributed by atoms with E-state index in [1.807, 2.05) is 18.2 Å². The van der Waals surface area contributed by atoms with E-state index in [1.165, 1.54) is 12.1 Å². The first-order valence-electron chi connectivity index (χ1n) is 8.56. The normalized spacial score (nSPS) is 22.7. The van der Waals surface area contributed by atoms with Crippen LogP contribution in [0.1, 0.15) is 17.9 Å². The number of piperazine rings is 1. The summed E-state index contributed by atoms with van der Waals surface area (Å²) >= 11 is 0. The van der Waals surface area contributed by atoms with E-state index < -0.39 is 0 Å². The standard InChI is InChI=1S/C18H21FN6.HI/c19-14-4-2-13(3-5-14)15-12-16(15)23-17(20)24-8-10-25(11-9-24)18-21-6-1-7-22-18;/h1-7,15-16H,8-12H2,(H2,20,23);1H/t15-,16+;/m0./s1. The van der Waals surface area contributed by atoms with Crippen LogP contribution in [-0.4, -0.2) is 53.0 Å². The van der Waals surface area contributed by atoms with Crippen LogP contribution in [0.4, 0.5) is 10.3 Å². The van der Waals surface area contributed by atoms with Crippen LogP contribution in [0.25, 0.3) is 0 Å². The highest BCUT2D eigenvalue weighted by atomic mass is 127. The summed E-state index contributed by atoms with van der Waals surface area (Å²) in [5.74, 6) is 1.52. The third-order valence-corrected chi connectivity index (χ3v) is 4.79. The molecule has 2 aliphatic rings. The summed E-state index contributed by atoms with van der Waals surface area (Å²) in [7, 11) is 0. The van der Waals surface area contributed by atoms with Gasteiger partial charge in [-0.15, -0.1) is 24.0 Å². The molecule has 4 rings (SSSR count). The quantitative estimate of drug-likeness (QED) is 0.425. The van der Waals surface area contributed by atoms with Gasteiger partial charge in [-0.1, -0.05) is 12.1 Å². The third-order valence-electron chi connectivity index (χ3n) is 4.79. The minimum atomic E-state index is -0.204. The summed E-state index contributed by atoms with van der Waals surface area (Å²) in [6.07, 6.45) is 4.49. The molecule has 1 saturated carbocycles. The summed E-state index contributed by atoms with van der Waals surface area (Å²) in [5, 5.41) is 0. The van der Waals surface area contributed by atoms with Gasteiger partial charge in [0, 0.05) is 44.5 Å². The molecule has 6 nitrogen and oxygen atoms in total. The topological polar surface area (TPSA) is 70.6 Å². The number of nitrogens with two attached hydrogens (primary N) is 1. The van der Waals surface area contributed by atoms with Crippen molar-refractivity contribution < 1.29 is 4.39 Å². The van der Waals surface area contributed by atoms with Crippen molar-refractivity contribution in [2.45, 2.75) is 18.4 Å². The Hall–Kier alpha value is -1.97.